The second kappa shape index (κ2) is 7.37. The molecule has 0 radical (unpaired) electrons. The summed E-state index contributed by atoms with van der Waals surface area (Å²) in [5, 5.41) is 18.1. The first-order valence-corrected chi connectivity index (χ1v) is 6.50. The minimum atomic E-state index is -1.16. The van der Waals surface area contributed by atoms with Crippen molar-refractivity contribution in [2.45, 2.75) is 26.3 Å². The van der Waals surface area contributed by atoms with E-state index < -0.39 is 23.9 Å². The minimum Gasteiger partial charge on any atom is -0.481 e. The number of rotatable bonds is 7. The molecule has 0 bridgehead atoms. The van der Waals surface area contributed by atoms with Gasteiger partial charge in [0.1, 0.15) is 6.04 Å². The van der Waals surface area contributed by atoms with E-state index in [-0.39, 0.29) is 24.4 Å². The molecule has 1 atom stereocenters. The van der Waals surface area contributed by atoms with Crippen LogP contribution in [0.1, 0.15) is 30.6 Å². The maximum absolute atomic E-state index is 12.4. The molecule has 1 aromatic rings. The Hall–Kier alpha value is -2.44. The molecule has 1 rings (SSSR count). The predicted octanol–water partition coefficient (Wildman–Crippen LogP) is 1.11. The first-order valence-electron chi connectivity index (χ1n) is 6.50. The summed E-state index contributed by atoms with van der Waals surface area (Å²) in [5.74, 6) is -3.14. The standard InChI is InChI=1S/C14H18N2O5/c1-9(2)12(14(20)21)16(7-5-11(17)18)13(19)10-4-3-6-15-8-10/h3-4,6,8-9,12H,5,7H2,1-2H3,(H,17,18)(H,20,21). The third-order valence-electron chi connectivity index (χ3n) is 2.96. The number of carboxylic acid groups (broad SMARTS) is 2. The van der Waals surface area contributed by atoms with Crippen molar-refractivity contribution in [1.82, 2.24) is 9.88 Å². The zero-order chi connectivity index (χ0) is 16.0. The fourth-order valence-corrected chi connectivity index (χ4v) is 2.02. The SMILES string of the molecule is CC(C)C(C(=O)O)N(CCC(=O)O)C(=O)c1cccnc1. The fourth-order valence-electron chi connectivity index (χ4n) is 2.02. The van der Waals surface area contributed by atoms with Gasteiger partial charge in [0.15, 0.2) is 0 Å². The van der Waals surface area contributed by atoms with Crippen molar-refractivity contribution in [3.8, 4) is 0 Å². The number of nitrogens with zero attached hydrogens (tertiary/aromatic N) is 2. The predicted molar refractivity (Wildman–Crippen MR) is 73.8 cm³/mol. The molecule has 114 valence electrons. The van der Waals surface area contributed by atoms with Gasteiger partial charge >= 0.3 is 11.9 Å². The fraction of sp³-hybridized carbons (Fsp3) is 0.429. The molecule has 0 aliphatic carbocycles. The molecule has 0 aromatic carbocycles. The minimum absolute atomic E-state index is 0.168. The van der Waals surface area contributed by atoms with Crippen LogP contribution in [0.2, 0.25) is 0 Å². The lowest BCUT2D eigenvalue weighted by molar-refractivity contribution is -0.145. The molecule has 7 nitrogen and oxygen atoms in total. The van der Waals surface area contributed by atoms with Crippen LogP contribution in [0.15, 0.2) is 24.5 Å². The van der Waals surface area contributed by atoms with Crippen LogP contribution in [0.5, 0.6) is 0 Å². The number of aromatic nitrogens is 1. The van der Waals surface area contributed by atoms with E-state index >= 15 is 0 Å². The van der Waals surface area contributed by atoms with Gasteiger partial charge in [0.25, 0.3) is 5.91 Å². The molecule has 1 aromatic heterocycles. The Morgan fingerprint density at radius 2 is 1.95 bits per heavy atom. The Kier molecular flexibility index (Phi) is 5.83. The van der Waals surface area contributed by atoms with Crippen LogP contribution in [-0.2, 0) is 9.59 Å². The molecule has 0 fully saturated rings. The monoisotopic (exact) mass is 294 g/mol. The lowest BCUT2D eigenvalue weighted by atomic mass is 10.0. The number of amides is 1. The summed E-state index contributed by atoms with van der Waals surface area (Å²) in [7, 11) is 0. The first-order chi connectivity index (χ1) is 9.84. The Bertz CT molecular complexity index is 515. The number of aliphatic carboxylic acids is 2. The van der Waals surface area contributed by atoms with Crippen molar-refractivity contribution >= 4 is 17.8 Å². The van der Waals surface area contributed by atoms with Gasteiger partial charge in [-0.2, -0.15) is 0 Å². The topological polar surface area (TPSA) is 108 Å². The molecule has 0 saturated carbocycles. The van der Waals surface area contributed by atoms with E-state index in [1.54, 1.807) is 19.9 Å². The number of hydrogen-bond acceptors (Lipinski definition) is 4. The summed E-state index contributed by atoms with van der Waals surface area (Å²) in [4.78, 5) is 39.5. The van der Waals surface area contributed by atoms with Crippen LogP contribution >= 0.6 is 0 Å². The smallest absolute Gasteiger partial charge is 0.326 e. The van der Waals surface area contributed by atoms with Crippen molar-refractivity contribution in [2.75, 3.05) is 6.54 Å². The zero-order valence-corrected chi connectivity index (χ0v) is 11.9. The summed E-state index contributed by atoms with van der Waals surface area (Å²) < 4.78 is 0. The van der Waals surface area contributed by atoms with E-state index in [1.807, 2.05) is 0 Å². The Morgan fingerprint density at radius 1 is 1.29 bits per heavy atom. The van der Waals surface area contributed by atoms with Gasteiger partial charge < -0.3 is 15.1 Å². The summed E-state index contributed by atoms with van der Waals surface area (Å²) in [6.45, 7) is 3.17. The van der Waals surface area contributed by atoms with Gasteiger partial charge in [-0.3, -0.25) is 14.6 Å². The average molecular weight is 294 g/mol. The molecule has 7 heteroatoms. The zero-order valence-electron chi connectivity index (χ0n) is 11.9. The summed E-state index contributed by atoms with van der Waals surface area (Å²) in [6, 6.07) is 1.99. The van der Waals surface area contributed by atoms with E-state index in [4.69, 9.17) is 5.11 Å². The van der Waals surface area contributed by atoms with Gasteiger partial charge in [0.2, 0.25) is 0 Å². The molecule has 0 aliphatic rings. The summed E-state index contributed by atoms with van der Waals surface area (Å²) in [5.41, 5.74) is 0.231. The van der Waals surface area contributed by atoms with Gasteiger partial charge in [-0.1, -0.05) is 13.8 Å². The van der Waals surface area contributed by atoms with Gasteiger partial charge in [-0.25, -0.2) is 4.79 Å². The van der Waals surface area contributed by atoms with Gasteiger partial charge in [-0.05, 0) is 18.1 Å². The Morgan fingerprint density at radius 3 is 2.38 bits per heavy atom. The number of carboxylic acids is 2. The molecule has 1 unspecified atom stereocenters. The number of hydrogen-bond donors (Lipinski definition) is 2. The lowest BCUT2D eigenvalue weighted by Gasteiger charge is -2.31. The molecule has 0 saturated heterocycles. The highest BCUT2D eigenvalue weighted by Crippen LogP contribution is 2.16. The van der Waals surface area contributed by atoms with Crippen molar-refractivity contribution in [3.63, 3.8) is 0 Å². The van der Waals surface area contributed by atoms with Crippen LogP contribution in [-0.4, -0.2) is 50.5 Å². The maximum Gasteiger partial charge on any atom is 0.326 e. The third kappa shape index (κ3) is 4.55. The molecule has 21 heavy (non-hydrogen) atoms. The molecular formula is C14H18N2O5. The highest BCUT2D eigenvalue weighted by molar-refractivity contribution is 5.96. The van der Waals surface area contributed by atoms with Crippen LogP contribution in [0, 0.1) is 5.92 Å². The summed E-state index contributed by atoms with van der Waals surface area (Å²) >= 11 is 0. The quantitative estimate of drug-likeness (QED) is 0.780. The molecule has 2 N–H and O–H groups in total. The van der Waals surface area contributed by atoms with E-state index in [9.17, 15) is 19.5 Å². The van der Waals surface area contributed by atoms with Crippen LogP contribution in [0.25, 0.3) is 0 Å². The molecular weight excluding hydrogens is 276 g/mol. The van der Waals surface area contributed by atoms with Crippen molar-refractivity contribution in [1.29, 1.82) is 0 Å². The normalized spacial score (nSPS) is 12.0. The molecule has 0 spiro atoms. The van der Waals surface area contributed by atoms with Gasteiger partial charge in [-0.15, -0.1) is 0 Å². The molecule has 0 aliphatic heterocycles. The van der Waals surface area contributed by atoms with Crippen molar-refractivity contribution < 1.29 is 24.6 Å². The summed E-state index contributed by atoms with van der Waals surface area (Å²) in [6.07, 6.45) is 2.51. The Balaban J connectivity index is 3.08. The maximum atomic E-state index is 12.4. The van der Waals surface area contributed by atoms with Crippen molar-refractivity contribution in [2.24, 2.45) is 5.92 Å². The lowest BCUT2D eigenvalue weighted by Crippen LogP contribution is -2.49. The highest BCUT2D eigenvalue weighted by atomic mass is 16.4. The highest BCUT2D eigenvalue weighted by Gasteiger charge is 2.33. The van der Waals surface area contributed by atoms with E-state index in [0.717, 1.165) is 4.90 Å². The van der Waals surface area contributed by atoms with Crippen LogP contribution in [0.4, 0.5) is 0 Å². The second-order valence-corrected chi connectivity index (χ2v) is 4.91. The van der Waals surface area contributed by atoms with Crippen LogP contribution < -0.4 is 0 Å². The van der Waals surface area contributed by atoms with E-state index in [2.05, 4.69) is 4.98 Å². The third-order valence-corrected chi connectivity index (χ3v) is 2.96. The Labute approximate surface area is 122 Å². The van der Waals surface area contributed by atoms with Gasteiger partial charge in [0.05, 0.1) is 12.0 Å². The number of carbonyl (C=O) groups is 3. The molecule has 1 heterocycles. The van der Waals surface area contributed by atoms with Crippen molar-refractivity contribution in [3.05, 3.63) is 30.1 Å². The second-order valence-electron chi connectivity index (χ2n) is 4.91. The first kappa shape index (κ1) is 16.6. The number of carbonyl (C=O) groups excluding carboxylic acids is 1. The largest absolute Gasteiger partial charge is 0.481 e. The van der Waals surface area contributed by atoms with Crippen LogP contribution in [0.3, 0.4) is 0 Å². The average Bonchev–Trinajstić information content (AvgIpc) is 2.42. The van der Waals surface area contributed by atoms with E-state index in [1.165, 1.54) is 18.5 Å². The number of pyridine rings is 1. The molecule has 1 amide bonds. The van der Waals surface area contributed by atoms with Gasteiger partial charge in [0, 0.05) is 18.9 Å². The van der Waals surface area contributed by atoms with E-state index in [0.29, 0.717) is 0 Å².